The molecule has 6 heteroatoms. The molecule has 226 valence electrons. The van der Waals surface area contributed by atoms with Crippen LogP contribution in [0.15, 0.2) is 48.6 Å². The molecule has 0 saturated carbocycles. The molecule has 0 amide bonds. The van der Waals surface area contributed by atoms with Crippen LogP contribution in [0.2, 0.25) is 0 Å². The van der Waals surface area contributed by atoms with Gasteiger partial charge in [0.05, 0.1) is 0 Å². The quantitative estimate of drug-likeness (QED) is 0.177. The van der Waals surface area contributed by atoms with E-state index in [1.807, 2.05) is 13.8 Å². The van der Waals surface area contributed by atoms with E-state index in [0.717, 1.165) is 38.5 Å². The summed E-state index contributed by atoms with van der Waals surface area (Å²) in [7, 11) is 0. The minimum atomic E-state index is -0.893. The second-order valence-electron chi connectivity index (χ2n) is 9.33. The van der Waals surface area contributed by atoms with Crippen molar-refractivity contribution in [3.05, 3.63) is 48.6 Å². The van der Waals surface area contributed by atoms with Gasteiger partial charge in [0, 0.05) is 50.9 Å². The van der Waals surface area contributed by atoms with Gasteiger partial charge in [-0.05, 0) is 88.9 Å². The molecule has 2 aliphatic carbocycles. The molecule has 0 aliphatic heterocycles. The first-order chi connectivity index (χ1) is 17.4. The largest absolute Gasteiger partial charge is 0.550 e. The van der Waals surface area contributed by atoms with E-state index in [4.69, 9.17) is 0 Å². The second-order valence-corrected chi connectivity index (χ2v) is 9.33. The molecule has 0 aromatic carbocycles. The summed E-state index contributed by atoms with van der Waals surface area (Å²) in [5.41, 5.74) is 0. The van der Waals surface area contributed by atoms with Crippen LogP contribution in [-0.2, 0) is 48.5 Å². The van der Waals surface area contributed by atoms with Crippen molar-refractivity contribution in [1.29, 1.82) is 0 Å². The predicted octanol–water partition coefficient (Wildman–Crippen LogP) is 7.25. The third-order valence-electron chi connectivity index (χ3n) is 6.13. The van der Waals surface area contributed by atoms with Gasteiger partial charge in [-0.15, -0.1) is 0 Å². The van der Waals surface area contributed by atoms with Crippen molar-refractivity contribution < 1.29 is 58.8 Å². The van der Waals surface area contributed by atoms with E-state index in [0.29, 0.717) is 12.8 Å². The third kappa shape index (κ3) is 33.2. The van der Waals surface area contributed by atoms with Crippen LogP contribution in [0.1, 0.15) is 130 Å². The first-order valence-corrected chi connectivity index (χ1v) is 14.5. The van der Waals surface area contributed by atoms with Gasteiger partial charge in [0.15, 0.2) is 0 Å². The summed E-state index contributed by atoms with van der Waals surface area (Å²) in [6, 6.07) is 0. The Morgan fingerprint density at radius 1 is 0.526 bits per heavy atom. The SMILES string of the molecule is C1=C\CC/C=C\CC/1.C1=C\CC/C=C\CC/1.CCCC[C@H](CC)C(=O)[O-].CCCC[C@H](CC)C(=O)[O-].[Rh].[Rh]. The van der Waals surface area contributed by atoms with Crippen LogP contribution < -0.4 is 10.2 Å². The van der Waals surface area contributed by atoms with Crippen LogP contribution in [0.3, 0.4) is 0 Å². The van der Waals surface area contributed by atoms with E-state index < -0.39 is 11.9 Å². The van der Waals surface area contributed by atoms with Crippen molar-refractivity contribution >= 4 is 11.9 Å². The molecule has 0 N–H and O–H groups in total. The first-order valence-electron chi connectivity index (χ1n) is 14.5. The monoisotopic (exact) mass is 708 g/mol. The summed E-state index contributed by atoms with van der Waals surface area (Å²) in [4.78, 5) is 20.7. The maximum Gasteiger partial charge on any atom is 0.0445 e. The number of carboxylic acid groups (broad SMARTS) is 2. The maximum absolute atomic E-state index is 10.3. The van der Waals surface area contributed by atoms with Crippen molar-refractivity contribution in [2.75, 3.05) is 0 Å². The fourth-order valence-electron chi connectivity index (χ4n) is 3.59. The number of carbonyl (C=O) groups is 2. The van der Waals surface area contributed by atoms with E-state index in [1.165, 1.54) is 51.4 Å². The zero-order valence-corrected chi connectivity index (χ0v) is 27.7. The minimum absolute atomic E-state index is 0. The summed E-state index contributed by atoms with van der Waals surface area (Å²) in [6.45, 7) is 7.89. The van der Waals surface area contributed by atoms with Crippen LogP contribution in [0.4, 0.5) is 0 Å². The molecule has 2 atom stereocenters. The van der Waals surface area contributed by atoms with Crippen LogP contribution in [-0.4, -0.2) is 11.9 Å². The average Bonchev–Trinajstić information content (AvgIpc) is 2.80. The van der Waals surface area contributed by atoms with E-state index in [2.05, 4.69) is 62.5 Å². The van der Waals surface area contributed by atoms with Gasteiger partial charge in [-0.3, -0.25) is 0 Å². The van der Waals surface area contributed by atoms with Crippen molar-refractivity contribution in [3.8, 4) is 0 Å². The van der Waals surface area contributed by atoms with Gasteiger partial charge < -0.3 is 19.8 Å². The molecule has 0 fully saturated rings. The Morgan fingerprint density at radius 2 is 0.737 bits per heavy atom. The third-order valence-corrected chi connectivity index (χ3v) is 6.13. The molecule has 0 saturated heterocycles. The Hall–Kier alpha value is -0.853. The number of unbranched alkanes of at least 4 members (excludes halogenated alkanes) is 2. The molecule has 2 rings (SSSR count). The topological polar surface area (TPSA) is 80.3 Å². The van der Waals surface area contributed by atoms with Crippen LogP contribution in [0.5, 0.6) is 0 Å². The zero-order valence-electron chi connectivity index (χ0n) is 24.4. The Balaban J connectivity index is -0.000000200. The molecule has 38 heavy (non-hydrogen) atoms. The molecule has 0 unspecified atom stereocenters. The number of hydrogen-bond donors (Lipinski definition) is 0. The Labute approximate surface area is 260 Å². The van der Waals surface area contributed by atoms with Gasteiger partial charge >= 0.3 is 0 Å². The summed E-state index contributed by atoms with van der Waals surface area (Å²) >= 11 is 0. The molecule has 0 aromatic heterocycles. The Kier molecular flexibility index (Phi) is 42.0. The Bertz CT molecular complexity index is 521. The maximum atomic E-state index is 10.3. The normalized spacial score (nSPS) is 18.6. The van der Waals surface area contributed by atoms with Crippen molar-refractivity contribution in [2.24, 2.45) is 11.8 Å². The number of carboxylic acids is 2. The van der Waals surface area contributed by atoms with E-state index in [1.54, 1.807) is 0 Å². The molecule has 0 heterocycles. The number of aliphatic carboxylic acids is 2. The number of allylic oxidation sites excluding steroid dienone is 8. The summed E-state index contributed by atoms with van der Waals surface area (Å²) in [5.74, 6) is -2.23. The minimum Gasteiger partial charge on any atom is -0.550 e. The van der Waals surface area contributed by atoms with Crippen molar-refractivity contribution in [3.63, 3.8) is 0 Å². The van der Waals surface area contributed by atoms with Gasteiger partial charge in [0.1, 0.15) is 0 Å². The molecule has 0 spiro atoms. The van der Waals surface area contributed by atoms with E-state index >= 15 is 0 Å². The van der Waals surface area contributed by atoms with Crippen LogP contribution in [0, 0.1) is 11.8 Å². The van der Waals surface area contributed by atoms with Gasteiger partial charge in [-0.1, -0.05) is 102 Å². The van der Waals surface area contributed by atoms with Crippen molar-refractivity contribution in [1.82, 2.24) is 0 Å². The van der Waals surface area contributed by atoms with Crippen LogP contribution in [0.25, 0.3) is 0 Å². The van der Waals surface area contributed by atoms with Gasteiger partial charge in [0.2, 0.25) is 0 Å². The average molecular weight is 709 g/mol. The molecule has 2 radical (unpaired) electrons. The molecular weight excluding hydrogens is 654 g/mol. The summed E-state index contributed by atoms with van der Waals surface area (Å²) < 4.78 is 0. The van der Waals surface area contributed by atoms with Crippen molar-refractivity contribution in [2.45, 2.75) is 130 Å². The molecule has 2 aliphatic rings. The summed E-state index contributed by atoms with van der Waals surface area (Å²) in [6.07, 6.45) is 35.0. The fraction of sp³-hybridized carbons (Fsp3) is 0.688. The smallest absolute Gasteiger partial charge is 0.0445 e. The summed E-state index contributed by atoms with van der Waals surface area (Å²) in [5, 5.41) is 20.7. The number of rotatable bonds is 10. The number of carbonyl (C=O) groups excluding carboxylic acids is 2. The molecular formula is C32H54O4Rh2-2. The molecule has 0 bridgehead atoms. The van der Waals surface area contributed by atoms with Gasteiger partial charge in [0.25, 0.3) is 0 Å². The standard InChI is InChI=1S/2C8H16O2.2C8H12.2Rh/c2*1-3-5-6-7(4-2)8(9)10;2*1-2-4-6-8-7-5-3-1;;/h2*7H,3-6H2,1-2H3,(H,9,10);2*1-2,7-8H,3-6H2;;/p-2/b;;2*2-1-,8-7-;;/t2*7-;;;;/m00..../s1. The first kappa shape index (κ1) is 44.2. The zero-order chi connectivity index (χ0) is 27.3. The molecule has 4 nitrogen and oxygen atoms in total. The van der Waals surface area contributed by atoms with E-state index in [9.17, 15) is 19.8 Å². The predicted molar refractivity (Wildman–Crippen MR) is 150 cm³/mol. The fourth-order valence-corrected chi connectivity index (χ4v) is 3.59. The van der Waals surface area contributed by atoms with Gasteiger partial charge in [-0.25, -0.2) is 0 Å². The molecule has 0 aromatic rings. The second kappa shape index (κ2) is 36.1. The number of hydrogen-bond acceptors (Lipinski definition) is 4. The van der Waals surface area contributed by atoms with E-state index in [-0.39, 0.29) is 50.8 Å². The Morgan fingerprint density at radius 3 is 0.868 bits per heavy atom. The van der Waals surface area contributed by atoms with Crippen LogP contribution >= 0.6 is 0 Å². The van der Waals surface area contributed by atoms with Gasteiger partial charge in [-0.2, -0.15) is 0 Å².